The van der Waals surface area contributed by atoms with Crippen molar-refractivity contribution in [2.24, 2.45) is 5.92 Å². The van der Waals surface area contributed by atoms with Gasteiger partial charge in [-0.3, -0.25) is 9.59 Å². The van der Waals surface area contributed by atoms with Crippen LogP contribution in [0.3, 0.4) is 0 Å². The van der Waals surface area contributed by atoms with Crippen LogP contribution < -0.4 is 5.32 Å². The van der Waals surface area contributed by atoms with Crippen molar-refractivity contribution < 1.29 is 19.4 Å². The molecule has 1 saturated heterocycles. The van der Waals surface area contributed by atoms with Gasteiger partial charge in [-0.05, 0) is 13.0 Å². The number of carbonyl (C=O) groups excluding carboxylic acids is 1. The summed E-state index contributed by atoms with van der Waals surface area (Å²) in [6.45, 7) is 4.67. The first-order valence-electron chi connectivity index (χ1n) is 6.26. The normalized spacial score (nSPS) is 22.4. The van der Waals surface area contributed by atoms with Crippen molar-refractivity contribution in [2.75, 3.05) is 33.3 Å². The summed E-state index contributed by atoms with van der Waals surface area (Å²) in [6, 6.07) is 0. The molecular weight excluding hydrogens is 236 g/mol. The first kappa shape index (κ1) is 14.9. The number of rotatable bonds is 6. The van der Waals surface area contributed by atoms with Crippen molar-refractivity contribution in [3.8, 4) is 0 Å². The van der Waals surface area contributed by atoms with Crippen molar-refractivity contribution in [1.82, 2.24) is 10.2 Å². The molecule has 1 fully saturated rings. The number of morpholine rings is 1. The molecular formula is C12H22N2O4. The van der Waals surface area contributed by atoms with Crippen LogP contribution in [0.2, 0.25) is 0 Å². The number of aliphatic carboxylic acids is 1. The zero-order valence-corrected chi connectivity index (χ0v) is 11.0. The van der Waals surface area contributed by atoms with Crippen LogP contribution in [0.4, 0.5) is 0 Å². The van der Waals surface area contributed by atoms with Crippen LogP contribution in [-0.2, 0) is 14.3 Å². The topological polar surface area (TPSA) is 78.9 Å². The smallest absolute Gasteiger partial charge is 0.303 e. The summed E-state index contributed by atoms with van der Waals surface area (Å²) >= 11 is 0. The Balaban J connectivity index is 2.18. The summed E-state index contributed by atoms with van der Waals surface area (Å²) in [7, 11) is 2.02. The van der Waals surface area contributed by atoms with E-state index in [0.717, 1.165) is 13.1 Å². The lowest BCUT2D eigenvalue weighted by molar-refractivity contribution is -0.138. The van der Waals surface area contributed by atoms with E-state index in [1.54, 1.807) is 6.92 Å². The molecule has 0 bridgehead atoms. The number of hydrogen-bond acceptors (Lipinski definition) is 4. The van der Waals surface area contributed by atoms with E-state index in [1.807, 2.05) is 7.05 Å². The Morgan fingerprint density at radius 1 is 1.50 bits per heavy atom. The summed E-state index contributed by atoms with van der Waals surface area (Å²) in [5, 5.41) is 11.4. The fraction of sp³-hybridized carbons (Fsp3) is 0.833. The van der Waals surface area contributed by atoms with Crippen LogP contribution in [0.25, 0.3) is 0 Å². The first-order valence-corrected chi connectivity index (χ1v) is 6.26. The lowest BCUT2D eigenvalue weighted by atomic mass is 10.0. The maximum absolute atomic E-state index is 11.6. The van der Waals surface area contributed by atoms with Gasteiger partial charge in [0.25, 0.3) is 0 Å². The van der Waals surface area contributed by atoms with Gasteiger partial charge in [0.15, 0.2) is 0 Å². The van der Waals surface area contributed by atoms with E-state index < -0.39 is 5.97 Å². The Hall–Kier alpha value is -1.14. The van der Waals surface area contributed by atoms with Gasteiger partial charge in [-0.25, -0.2) is 0 Å². The minimum atomic E-state index is -0.868. The number of ether oxygens (including phenoxy) is 1. The Bertz CT molecular complexity index is 296. The number of carboxylic acid groups (broad SMARTS) is 1. The predicted molar refractivity (Wildman–Crippen MR) is 66.3 cm³/mol. The monoisotopic (exact) mass is 258 g/mol. The zero-order valence-electron chi connectivity index (χ0n) is 11.0. The lowest BCUT2D eigenvalue weighted by Gasteiger charge is -2.30. The van der Waals surface area contributed by atoms with Gasteiger partial charge in [0, 0.05) is 32.5 Å². The van der Waals surface area contributed by atoms with Crippen LogP contribution in [0.15, 0.2) is 0 Å². The molecule has 0 aromatic rings. The number of hydrogen-bond donors (Lipinski definition) is 2. The second-order valence-electron chi connectivity index (χ2n) is 4.97. The molecule has 6 heteroatoms. The fourth-order valence-electron chi connectivity index (χ4n) is 1.98. The average Bonchev–Trinajstić information content (AvgIpc) is 2.25. The summed E-state index contributed by atoms with van der Waals surface area (Å²) in [5.74, 6) is -1.12. The van der Waals surface area contributed by atoms with Crippen molar-refractivity contribution in [3.05, 3.63) is 0 Å². The molecule has 2 unspecified atom stereocenters. The first-order chi connectivity index (χ1) is 8.47. The van der Waals surface area contributed by atoms with Crippen LogP contribution in [0.5, 0.6) is 0 Å². The highest BCUT2D eigenvalue weighted by Gasteiger charge is 2.19. The highest BCUT2D eigenvalue weighted by Crippen LogP contribution is 2.07. The molecule has 0 aromatic heterocycles. The van der Waals surface area contributed by atoms with Crippen molar-refractivity contribution >= 4 is 11.9 Å². The summed E-state index contributed by atoms with van der Waals surface area (Å²) in [5.41, 5.74) is 0. The highest BCUT2D eigenvalue weighted by atomic mass is 16.5. The Labute approximate surface area is 107 Å². The number of nitrogens with one attached hydrogen (secondary N) is 1. The minimum Gasteiger partial charge on any atom is -0.481 e. The molecule has 0 spiro atoms. The number of likely N-dealkylation sites (N-methyl/N-ethyl adjacent to an activating group) is 1. The average molecular weight is 258 g/mol. The number of amides is 1. The van der Waals surface area contributed by atoms with Crippen LogP contribution in [0, 0.1) is 5.92 Å². The minimum absolute atomic E-state index is 0.0239. The number of nitrogens with zero attached hydrogens (tertiary/aromatic N) is 1. The number of carbonyl (C=O) groups is 2. The molecule has 1 heterocycles. The lowest BCUT2D eigenvalue weighted by Crippen LogP contribution is -2.46. The summed E-state index contributed by atoms with van der Waals surface area (Å²) in [4.78, 5) is 24.2. The predicted octanol–water partition coefficient (Wildman–Crippen LogP) is -0.0659. The molecule has 0 saturated carbocycles. The van der Waals surface area contributed by atoms with Crippen molar-refractivity contribution in [1.29, 1.82) is 0 Å². The fourth-order valence-corrected chi connectivity index (χ4v) is 1.98. The quantitative estimate of drug-likeness (QED) is 0.697. The molecule has 0 aliphatic carbocycles. The van der Waals surface area contributed by atoms with Crippen LogP contribution in [-0.4, -0.2) is 61.3 Å². The summed E-state index contributed by atoms with van der Waals surface area (Å²) < 4.78 is 5.52. The molecule has 1 amide bonds. The third kappa shape index (κ3) is 5.97. The second kappa shape index (κ2) is 7.33. The number of carboxylic acids is 1. The molecule has 2 atom stereocenters. The third-order valence-electron chi connectivity index (χ3n) is 2.93. The van der Waals surface area contributed by atoms with Gasteiger partial charge in [0.2, 0.25) is 5.91 Å². The largest absolute Gasteiger partial charge is 0.481 e. The Kier molecular flexibility index (Phi) is 6.07. The molecule has 2 N–H and O–H groups in total. The van der Waals surface area contributed by atoms with E-state index in [-0.39, 0.29) is 30.8 Å². The SMILES string of the molecule is CC(CC(=O)O)CC(=O)NCC1CN(C)CCO1. The maximum Gasteiger partial charge on any atom is 0.303 e. The Morgan fingerprint density at radius 3 is 2.83 bits per heavy atom. The van der Waals surface area contributed by atoms with Gasteiger partial charge >= 0.3 is 5.97 Å². The highest BCUT2D eigenvalue weighted by molar-refractivity contribution is 5.77. The van der Waals surface area contributed by atoms with E-state index in [9.17, 15) is 9.59 Å². The molecule has 0 aromatic carbocycles. The van der Waals surface area contributed by atoms with Gasteiger partial charge in [-0.1, -0.05) is 6.92 Å². The van der Waals surface area contributed by atoms with Gasteiger partial charge < -0.3 is 20.1 Å². The molecule has 1 aliphatic heterocycles. The van der Waals surface area contributed by atoms with E-state index >= 15 is 0 Å². The van der Waals surface area contributed by atoms with E-state index in [2.05, 4.69) is 10.2 Å². The van der Waals surface area contributed by atoms with Crippen molar-refractivity contribution in [3.63, 3.8) is 0 Å². The van der Waals surface area contributed by atoms with Crippen molar-refractivity contribution in [2.45, 2.75) is 25.9 Å². The molecule has 1 rings (SSSR count). The van der Waals surface area contributed by atoms with E-state index in [4.69, 9.17) is 9.84 Å². The summed E-state index contributed by atoms with van der Waals surface area (Å²) in [6.07, 6.45) is 0.299. The van der Waals surface area contributed by atoms with Crippen LogP contribution >= 0.6 is 0 Å². The molecule has 104 valence electrons. The second-order valence-corrected chi connectivity index (χ2v) is 4.97. The zero-order chi connectivity index (χ0) is 13.5. The Morgan fingerprint density at radius 2 is 2.22 bits per heavy atom. The third-order valence-corrected chi connectivity index (χ3v) is 2.93. The maximum atomic E-state index is 11.6. The molecule has 6 nitrogen and oxygen atoms in total. The molecule has 1 aliphatic rings. The van der Waals surface area contributed by atoms with Gasteiger partial charge in [-0.15, -0.1) is 0 Å². The molecule has 18 heavy (non-hydrogen) atoms. The van der Waals surface area contributed by atoms with Gasteiger partial charge in [0.1, 0.15) is 0 Å². The van der Waals surface area contributed by atoms with Gasteiger partial charge in [-0.2, -0.15) is 0 Å². The van der Waals surface area contributed by atoms with E-state index in [1.165, 1.54) is 0 Å². The van der Waals surface area contributed by atoms with Crippen LogP contribution in [0.1, 0.15) is 19.8 Å². The van der Waals surface area contributed by atoms with Gasteiger partial charge in [0.05, 0.1) is 12.7 Å². The van der Waals surface area contributed by atoms with E-state index in [0.29, 0.717) is 13.2 Å². The molecule has 0 radical (unpaired) electrons. The standard InChI is InChI=1S/C12H22N2O4/c1-9(6-12(16)17)5-11(15)13-7-10-8-14(2)3-4-18-10/h9-10H,3-8H2,1-2H3,(H,13,15)(H,16,17).